The number of hydrogen-bond donors (Lipinski definition) is 1. The van der Waals surface area contributed by atoms with Gasteiger partial charge in [0, 0.05) is 22.9 Å². The first-order valence-electron chi connectivity index (χ1n) is 8.18. The average Bonchev–Trinajstić information content (AvgIpc) is 2.96. The van der Waals surface area contributed by atoms with Gasteiger partial charge in [-0.3, -0.25) is 9.20 Å². The minimum atomic E-state index is -0.0149. The normalized spacial score (nSPS) is 13.7. The van der Waals surface area contributed by atoms with E-state index in [1.807, 2.05) is 46.9 Å². The molecule has 0 spiro atoms. The lowest BCUT2D eigenvalue weighted by atomic mass is 9.99. The summed E-state index contributed by atoms with van der Waals surface area (Å²) in [5, 5.41) is 2.11. The SMILES string of the molecule is Nc1c(-c2ccccc2)c(=O)n2c3c(c4cccc1c42)CC=CC3. The summed E-state index contributed by atoms with van der Waals surface area (Å²) < 4.78 is 1.89. The second kappa shape index (κ2) is 4.71. The van der Waals surface area contributed by atoms with Crippen LogP contribution in [-0.4, -0.2) is 4.40 Å². The van der Waals surface area contributed by atoms with Gasteiger partial charge in [0.2, 0.25) is 0 Å². The van der Waals surface area contributed by atoms with Crippen LogP contribution in [0.15, 0.2) is 65.5 Å². The first-order chi connectivity index (χ1) is 11.8. The van der Waals surface area contributed by atoms with Gasteiger partial charge < -0.3 is 5.73 Å². The predicted molar refractivity (Wildman–Crippen MR) is 98.8 cm³/mol. The molecule has 0 unspecified atom stereocenters. The summed E-state index contributed by atoms with van der Waals surface area (Å²) in [7, 11) is 0. The number of fused-ring (bicyclic) bond motifs is 3. The number of anilines is 1. The molecule has 2 N–H and O–H groups in total. The molecule has 0 atom stereocenters. The molecule has 2 aromatic carbocycles. The van der Waals surface area contributed by atoms with Crippen LogP contribution >= 0.6 is 0 Å². The van der Waals surface area contributed by atoms with Crippen molar-refractivity contribution in [3.05, 3.63) is 82.3 Å². The maximum absolute atomic E-state index is 13.3. The van der Waals surface area contributed by atoms with Gasteiger partial charge in [-0.2, -0.15) is 0 Å². The third-order valence-corrected chi connectivity index (χ3v) is 5.04. The highest BCUT2D eigenvalue weighted by Gasteiger charge is 2.23. The van der Waals surface area contributed by atoms with Crippen LogP contribution in [0.3, 0.4) is 0 Å². The van der Waals surface area contributed by atoms with Gasteiger partial charge in [0.15, 0.2) is 0 Å². The van der Waals surface area contributed by atoms with E-state index in [1.165, 1.54) is 5.56 Å². The smallest absolute Gasteiger partial charge is 0.265 e. The molecule has 2 aromatic heterocycles. The van der Waals surface area contributed by atoms with Crippen LogP contribution < -0.4 is 11.3 Å². The zero-order valence-electron chi connectivity index (χ0n) is 13.1. The Morgan fingerprint density at radius 1 is 0.875 bits per heavy atom. The Morgan fingerprint density at radius 2 is 1.62 bits per heavy atom. The van der Waals surface area contributed by atoms with Gasteiger partial charge in [-0.25, -0.2) is 0 Å². The molecule has 0 bridgehead atoms. The maximum atomic E-state index is 13.3. The van der Waals surface area contributed by atoms with Crippen molar-refractivity contribution >= 4 is 22.0 Å². The highest BCUT2D eigenvalue weighted by molar-refractivity contribution is 6.08. The molecule has 0 fully saturated rings. The van der Waals surface area contributed by atoms with E-state index in [4.69, 9.17) is 5.73 Å². The van der Waals surface area contributed by atoms with E-state index in [-0.39, 0.29) is 5.56 Å². The summed E-state index contributed by atoms with van der Waals surface area (Å²) >= 11 is 0. The number of nitrogen functional groups attached to an aromatic ring is 1. The monoisotopic (exact) mass is 312 g/mol. The zero-order chi connectivity index (χ0) is 16.3. The Balaban J connectivity index is 2.04. The number of nitrogens with zero attached hydrogens (tertiary/aromatic N) is 1. The number of rotatable bonds is 1. The number of benzene rings is 2. The van der Waals surface area contributed by atoms with Crippen LogP contribution in [-0.2, 0) is 12.8 Å². The molecule has 116 valence electrons. The van der Waals surface area contributed by atoms with Gasteiger partial charge in [0.25, 0.3) is 5.56 Å². The summed E-state index contributed by atoms with van der Waals surface area (Å²) in [6.07, 6.45) is 5.98. The van der Waals surface area contributed by atoms with Crippen LogP contribution in [0.25, 0.3) is 27.4 Å². The van der Waals surface area contributed by atoms with Crippen molar-refractivity contribution in [1.29, 1.82) is 0 Å². The van der Waals surface area contributed by atoms with Crippen molar-refractivity contribution in [1.82, 2.24) is 4.40 Å². The molecule has 0 radical (unpaired) electrons. The lowest BCUT2D eigenvalue weighted by Crippen LogP contribution is -2.19. The summed E-state index contributed by atoms with van der Waals surface area (Å²) in [6.45, 7) is 0. The number of allylic oxidation sites excluding steroid dienone is 2. The topological polar surface area (TPSA) is 47.5 Å². The van der Waals surface area contributed by atoms with Crippen molar-refractivity contribution in [2.45, 2.75) is 12.8 Å². The Kier molecular flexibility index (Phi) is 2.63. The van der Waals surface area contributed by atoms with Gasteiger partial charge in [0.1, 0.15) is 0 Å². The number of hydrogen-bond acceptors (Lipinski definition) is 2. The Morgan fingerprint density at radius 3 is 2.46 bits per heavy atom. The number of aromatic nitrogens is 1. The van der Waals surface area contributed by atoms with E-state index in [0.717, 1.165) is 40.4 Å². The highest BCUT2D eigenvalue weighted by atomic mass is 16.1. The van der Waals surface area contributed by atoms with Crippen LogP contribution in [0.2, 0.25) is 0 Å². The minimum Gasteiger partial charge on any atom is -0.398 e. The first-order valence-corrected chi connectivity index (χ1v) is 8.18. The van der Waals surface area contributed by atoms with E-state index in [1.54, 1.807) is 0 Å². The largest absolute Gasteiger partial charge is 0.398 e. The van der Waals surface area contributed by atoms with Crippen LogP contribution in [0.4, 0.5) is 5.69 Å². The van der Waals surface area contributed by atoms with Crippen molar-refractivity contribution in [3.63, 3.8) is 0 Å². The van der Waals surface area contributed by atoms with E-state index < -0.39 is 0 Å². The average molecular weight is 312 g/mol. The van der Waals surface area contributed by atoms with Crippen molar-refractivity contribution in [2.24, 2.45) is 0 Å². The van der Waals surface area contributed by atoms with E-state index in [9.17, 15) is 4.79 Å². The summed E-state index contributed by atoms with van der Waals surface area (Å²) in [6, 6.07) is 15.9. The molecule has 1 aliphatic rings. The molecule has 0 saturated heterocycles. The minimum absolute atomic E-state index is 0.0149. The fraction of sp³-hybridized carbons (Fsp3) is 0.0952. The third kappa shape index (κ3) is 1.59. The molecular formula is C21H16N2O. The second-order valence-corrected chi connectivity index (χ2v) is 6.30. The van der Waals surface area contributed by atoms with Crippen molar-refractivity contribution in [3.8, 4) is 11.1 Å². The van der Waals surface area contributed by atoms with Gasteiger partial charge in [-0.15, -0.1) is 0 Å². The zero-order valence-corrected chi connectivity index (χ0v) is 13.1. The van der Waals surface area contributed by atoms with Gasteiger partial charge >= 0.3 is 0 Å². The molecule has 0 amide bonds. The van der Waals surface area contributed by atoms with Crippen molar-refractivity contribution in [2.75, 3.05) is 5.73 Å². The Hall–Kier alpha value is -3.07. The number of para-hydroxylation sites is 1. The molecule has 3 nitrogen and oxygen atoms in total. The van der Waals surface area contributed by atoms with Crippen LogP contribution in [0.5, 0.6) is 0 Å². The summed E-state index contributed by atoms with van der Waals surface area (Å²) in [5.74, 6) is 0. The highest BCUT2D eigenvalue weighted by Crippen LogP contribution is 2.36. The lowest BCUT2D eigenvalue weighted by molar-refractivity contribution is 0.967. The molecule has 4 aromatic rings. The van der Waals surface area contributed by atoms with E-state index in [2.05, 4.69) is 18.2 Å². The van der Waals surface area contributed by atoms with Gasteiger partial charge in [0.05, 0.1) is 16.8 Å². The van der Waals surface area contributed by atoms with Gasteiger partial charge in [-0.1, -0.05) is 60.7 Å². The maximum Gasteiger partial charge on any atom is 0.265 e. The molecular weight excluding hydrogens is 296 g/mol. The fourth-order valence-electron chi connectivity index (χ4n) is 3.98. The molecule has 1 aliphatic carbocycles. The predicted octanol–water partition coefficient (Wildman–Crippen LogP) is 3.79. The fourth-order valence-corrected chi connectivity index (χ4v) is 3.98. The molecule has 0 saturated carbocycles. The summed E-state index contributed by atoms with van der Waals surface area (Å²) in [5.41, 5.74) is 11.8. The van der Waals surface area contributed by atoms with E-state index >= 15 is 0 Å². The number of nitrogens with two attached hydrogens (primary N) is 1. The first kappa shape index (κ1) is 13.4. The molecule has 2 heterocycles. The molecule has 0 aliphatic heterocycles. The number of pyridine rings is 1. The van der Waals surface area contributed by atoms with Crippen molar-refractivity contribution < 1.29 is 0 Å². The molecule has 24 heavy (non-hydrogen) atoms. The quantitative estimate of drug-likeness (QED) is 0.544. The Bertz CT molecular complexity index is 1170. The Labute approximate surface area is 139 Å². The lowest BCUT2D eigenvalue weighted by Gasteiger charge is -2.12. The summed E-state index contributed by atoms with van der Waals surface area (Å²) in [4.78, 5) is 13.3. The standard InChI is InChI=1S/C21H16N2O/c22-19-16-11-6-10-15-14-9-4-5-12-17(14)23(20(15)16)21(24)18(19)13-7-2-1-3-8-13/h1-8,10-11H,9,12,22H2. The van der Waals surface area contributed by atoms with E-state index in [0.29, 0.717) is 11.3 Å². The van der Waals surface area contributed by atoms with Gasteiger partial charge in [-0.05, 0) is 17.5 Å². The van der Waals surface area contributed by atoms with Crippen LogP contribution in [0, 0.1) is 0 Å². The van der Waals surface area contributed by atoms with Crippen LogP contribution in [0.1, 0.15) is 11.3 Å². The third-order valence-electron chi connectivity index (χ3n) is 5.04. The second-order valence-electron chi connectivity index (χ2n) is 6.30. The molecule has 5 rings (SSSR count). The molecule has 3 heteroatoms.